The van der Waals surface area contributed by atoms with Gasteiger partial charge >= 0.3 is 12.2 Å². The predicted molar refractivity (Wildman–Crippen MR) is 120 cm³/mol. The van der Waals surface area contributed by atoms with E-state index in [-0.39, 0.29) is 28.1 Å². The number of urea groups is 1. The highest BCUT2D eigenvalue weighted by Gasteiger charge is 2.34. The van der Waals surface area contributed by atoms with Gasteiger partial charge in [-0.3, -0.25) is 4.79 Å². The van der Waals surface area contributed by atoms with E-state index in [2.05, 4.69) is 20.6 Å². The molecule has 2 heterocycles. The minimum absolute atomic E-state index is 0.0563. The Labute approximate surface area is 190 Å². The molecule has 0 fully saturated rings. The van der Waals surface area contributed by atoms with Crippen molar-refractivity contribution in [1.29, 1.82) is 0 Å². The lowest BCUT2D eigenvalue weighted by Crippen LogP contribution is -2.20. The van der Waals surface area contributed by atoms with Crippen LogP contribution in [0.4, 0.5) is 35.2 Å². The Morgan fingerprint density at radius 3 is 2.38 bits per heavy atom. The molecule has 4 rings (SSSR count). The van der Waals surface area contributed by atoms with E-state index in [4.69, 9.17) is 10.5 Å². The molecule has 2 aromatic heterocycles. The number of nitrogens with two attached hydrogens (primary N) is 1. The lowest BCUT2D eigenvalue weighted by Gasteiger charge is -2.14. The van der Waals surface area contributed by atoms with Crippen LogP contribution < -0.4 is 26.5 Å². The van der Waals surface area contributed by atoms with E-state index in [1.807, 2.05) is 0 Å². The van der Waals surface area contributed by atoms with Gasteiger partial charge in [0, 0.05) is 29.3 Å². The standard InChI is InChI=1S/C22H17F3N6O3/c1-34-17-7-4-13(10-15(17)22(23,24)25)30-21(33)29-12-2-5-14(6-3-12)31-9-8-16(32)18-19(26)27-11-28-20(18)31/h2-11H,1H3,(H2,26,27,28)(H2,29,30,33). The van der Waals surface area contributed by atoms with Crippen molar-refractivity contribution in [2.45, 2.75) is 6.18 Å². The Morgan fingerprint density at radius 1 is 1.03 bits per heavy atom. The largest absolute Gasteiger partial charge is 0.496 e. The normalized spacial score (nSPS) is 11.3. The molecule has 0 unspecified atom stereocenters. The zero-order valence-electron chi connectivity index (χ0n) is 17.6. The van der Waals surface area contributed by atoms with Crippen LogP contribution in [-0.2, 0) is 6.18 Å². The highest BCUT2D eigenvalue weighted by atomic mass is 19.4. The molecule has 2 amide bonds. The minimum atomic E-state index is -4.64. The fourth-order valence-corrected chi connectivity index (χ4v) is 3.32. The maximum absolute atomic E-state index is 13.2. The molecule has 174 valence electrons. The summed E-state index contributed by atoms with van der Waals surface area (Å²) in [5, 5.41) is 5.09. The summed E-state index contributed by atoms with van der Waals surface area (Å²) in [5.74, 6) is -0.289. The first kappa shape index (κ1) is 22.6. The van der Waals surface area contributed by atoms with Gasteiger partial charge < -0.3 is 25.7 Å². The number of alkyl halides is 3. The number of carbonyl (C=O) groups is 1. The summed E-state index contributed by atoms with van der Waals surface area (Å²) in [6, 6.07) is 10.3. The van der Waals surface area contributed by atoms with Crippen molar-refractivity contribution in [2.24, 2.45) is 0 Å². The number of amides is 2. The molecule has 9 nitrogen and oxygen atoms in total. The van der Waals surface area contributed by atoms with E-state index in [9.17, 15) is 22.8 Å². The zero-order chi connectivity index (χ0) is 24.5. The Morgan fingerprint density at radius 2 is 1.71 bits per heavy atom. The number of anilines is 3. The van der Waals surface area contributed by atoms with Gasteiger partial charge in [-0.2, -0.15) is 13.2 Å². The molecule has 0 spiro atoms. The van der Waals surface area contributed by atoms with Crippen LogP contribution in [0.5, 0.6) is 5.75 Å². The molecule has 0 aliphatic rings. The summed E-state index contributed by atoms with van der Waals surface area (Å²) in [7, 11) is 1.13. The number of nitrogens with one attached hydrogen (secondary N) is 2. The number of halogens is 3. The van der Waals surface area contributed by atoms with Crippen LogP contribution in [0.1, 0.15) is 5.56 Å². The number of nitrogen functional groups attached to an aromatic ring is 1. The molecule has 0 bridgehead atoms. The number of aromatic nitrogens is 3. The van der Waals surface area contributed by atoms with Gasteiger partial charge in [0.2, 0.25) is 0 Å². The molecule has 0 aliphatic carbocycles. The van der Waals surface area contributed by atoms with Crippen LogP contribution in [0, 0.1) is 0 Å². The van der Waals surface area contributed by atoms with Crippen LogP contribution >= 0.6 is 0 Å². The molecule has 0 aliphatic heterocycles. The van der Waals surface area contributed by atoms with E-state index in [0.29, 0.717) is 17.0 Å². The van der Waals surface area contributed by atoms with Gasteiger partial charge in [-0.15, -0.1) is 0 Å². The number of ether oxygens (including phenoxy) is 1. The average molecular weight is 470 g/mol. The fourth-order valence-electron chi connectivity index (χ4n) is 3.32. The third kappa shape index (κ3) is 4.46. The third-order valence-corrected chi connectivity index (χ3v) is 4.87. The highest BCUT2D eigenvalue weighted by molar-refractivity contribution is 6.00. The molecular weight excluding hydrogens is 453 g/mol. The topological polar surface area (TPSA) is 124 Å². The molecule has 12 heteroatoms. The average Bonchev–Trinajstić information content (AvgIpc) is 2.79. The number of pyridine rings is 1. The molecular formula is C22H17F3N6O3. The summed E-state index contributed by atoms with van der Waals surface area (Å²) in [6.45, 7) is 0. The van der Waals surface area contributed by atoms with Gasteiger partial charge in [0.05, 0.1) is 12.7 Å². The Kier molecular flexibility index (Phi) is 5.80. The molecule has 0 atom stereocenters. The Balaban J connectivity index is 1.53. The summed E-state index contributed by atoms with van der Waals surface area (Å²) < 4.78 is 45.9. The predicted octanol–water partition coefficient (Wildman–Crippen LogP) is 4.03. The number of hydrogen-bond acceptors (Lipinski definition) is 6. The van der Waals surface area contributed by atoms with Crippen molar-refractivity contribution in [3.63, 3.8) is 0 Å². The quantitative estimate of drug-likeness (QED) is 0.414. The second-order valence-corrected chi connectivity index (χ2v) is 7.05. The van der Waals surface area contributed by atoms with Gasteiger partial charge in [-0.25, -0.2) is 14.8 Å². The number of rotatable bonds is 4. The maximum atomic E-state index is 13.2. The van der Waals surface area contributed by atoms with Gasteiger partial charge in [-0.05, 0) is 42.5 Å². The number of nitrogens with zero attached hydrogens (tertiary/aromatic N) is 3. The Hall–Kier alpha value is -4.61. The monoisotopic (exact) mass is 470 g/mol. The van der Waals surface area contributed by atoms with Crippen LogP contribution in [0.15, 0.2) is 65.8 Å². The number of fused-ring (bicyclic) bond motifs is 1. The van der Waals surface area contributed by atoms with Crippen molar-refractivity contribution < 1.29 is 22.7 Å². The van der Waals surface area contributed by atoms with E-state index in [1.165, 1.54) is 24.7 Å². The summed E-state index contributed by atoms with van der Waals surface area (Å²) in [4.78, 5) is 32.4. The van der Waals surface area contributed by atoms with E-state index in [0.717, 1.165) is 19.2 Å². The van der Waals surface area contributed by atoms with Crippen LogP contribution in [0.2, 0.25) is 0 Å². The maximum Gasteiger partial charge on any atom is 0.420 e. The van der Waals surface area contributed by atoms with Crippen LogP contribution in [0.3, 0.4) is 0 Å². The molecule has 0 saturated heterocycles. The Bertz CT molecular complexity index is 1440. The molecule has 4 aromatic rings. The van der Waals surface area contributed by atoms with Crippen molar-refractivity contribution in [1.82, 2.24) is 14.5 Å². The molecule has 4 N–H and O–H groups in total. The van der Waals surface area contributed by atoms with Crippen molar-refractivity contribution >= 4 is 34.3 Å². The van der Waals surface area contributed by atoms with Gasteiger partial charge in [0.25, 0.3) is 0 Å². The second-order valence-electron chi connectivity index (χ2n) is 7.05. The molecule has 34 heavy (non-hydrogen) atoms. The minimum Gasteiger partial charge on any atom is -0.496 e. The zero-order valence-corrected chi connectivity index (χ0v) is 17.6. The van der Waals surface area contributed by atoms with Crippen LogP contribution in [0.25, 0.3) is 16.7 Å². The first-order chi connectivity index (χ1) is 16.2. The van der Waals surface area contributed by atoms with Crippen molar-refractivity contribution in [3.8, 4) is 11.4 Å². The smallest absolute Gasteiger partial charge is 0.420 e. The van der Waals surface area contributed by atoms with Crippen molar-refractivity contribution in [3.05, 3.63) is 76.8 Å². The van der Waals surface area contributed by atoms with Gasteiger partial charge in [0.15, 0.2) is 11.1 Å². The molecule has 0 radical (unpaired) electrons. The second kappa shape index (κ2) is 8.73. The number of hydrogen-bond donors (Lipinski definition) is 3. The first-order valence-corrected chi connectivity index (χ1v) is 9.73. The molecule has 2 aromatic carbocycles. The van der Waals surface area contributed by atoms with E-state index in [1.54, 1.807) is 28.8 Å². The summed E-state index contributed by atoms with van der Waals surface area (Å²) >= 11 is 0. The van der Waals surface area contributed by atoms with Crippen molar-refractivity contribution in [2.75, 3.05) is 23.5 Å². The summed E-state index contributed by atoms with van der Waals surface area (Å²) in [6.07, 6.45) is -1.86. The lowest BCUT2D eigenvalue weighted by molar-refractivity contribution is -0.138. The summed E-state index contributed by atoms with van der Waals surface area (Å²) in [5.41, 5.74) is 5.75. The SMILES string of the molecule is COc1ccc(NC(=O)Nc2ccc(-n3ccc(=O)c4c(N)ncnc43)cc2)cc1C(F)(F)F. The number of methoxy groups -OCH3 is 1. The van der Waals surface area contributed by atoms with E-state index >= 15 is 0 Å². The number of carbonyl (C=O) groups excluding carboxylic acids is 1. The third-order valence-electron chi connectivity index (χ3n) is 4.87. The lowest BCUT2D eigenvalue weighted by atomic mass is 10.1. The molecule has 0 saturated carbocycles. The van der Waals surface area contributed by atoms with Gasteiger partial charge in [0.1, 0.15) is 23.3 Å². The highest BCUT2D eigenvalue weighted by Crippen LogP contribution is 2.37. The van der Waals surface area contributed by atoms with Crippen LogP contribution in [-0.4, -0.2) is 27.7 Å². The fraction of sp³-hybridized carbons (Fsp3) is 0.0909. The van der Waals surface area contributed by atoms with Gasteiger partial charge in [-0.1, -0.05) is 0 Å². The number of benzene rings is 2. The van der Waals surface area contributed by atoms with E-state index < -0.39 is 17.8 Å². The first-order valence-electron chi connectivity index (χ1n) is 9.73.